The fourth-order valence-electron chi connectivity index (χ4n) is 2.62. The molecule has 1 aromatic carbocycles. The van der Waals surface area contributed by atoms with Crippen molar-refractivity contribution in [2.24, 2.45) is 0 Å². The predicted molar refractivity (Wildman–Crippen MR) is 97.4 cm³/mol. The Labute approximate surface area is 160 Å². The van der Waals surface area contributed by atoms with Crippen molar-refractivity contribution in [2.75, 3.05) is 19.6 Å². The van der Waals surface area contributed by atoms with Gasteiger partial charge in [-0.15, -0.1) is 0 Å². The summed E-state index contributed by atoms with van der Waals surface area (Å²) in [6.45, 7) is 8.25. The molecule has 5 nitrogen and oxygen atoms in total. The Hall–Kier alpha value is -1.34. The van der Waals surface area contributed by atoms with Gasteiger partial charge in [0, 0.05) is 30.1 Å². The summed E-state index contributed by atoms with van der Waals surface area (Å²) >= 11 is 9.28. The highest BCUT2D eigenvalue weighted by atomic mass is 79.9. The van der Waals surface area contributed by atoms with E-state index in [1.165, 1.54) is 6.07 Å². The van der Waals surface area contributed by atoms with E-state index in [-0.39, 0.29) is 22.5 Å². The second-order valence-electron chi connectivity index (χ2n) is 7.02. The molecule has 0 radical (unpaired) electrons. The summed E-state index contributed by atoms with van der Waals surface area (Å²) in [5.41, 5.74) is -0.472. The van der Waals surface area contributed by atoms with E-state index in [4.69, 9.17) is 16.3 Å². The van der Waals surface area contributed by atoms with Gasteiger partial charge in [-0.3, -0.25) is 4.79 Å². The Kier molecular flexibility index (Phi) is 5.99. The van der Waals surface area contributed by atoms with Crippen molar-refractivity contribution in [3.05, 3.63) is 33.0 Å². The number of ether oxygens (including phenoxy) is 1. The van der Waals surface area contributed by atoms with Gasteiger partial charge in [0.2, 0.25) is 0 Å². The standard InChI is InChI=1S/C17H21BrClFN2O3/c1-10-9-21(16(24)25-17(2,3)4)5-6-22(10)15(23)12-7-11(20)8-13(18)14(12)19/h7-8,10H,5-6,9H2,1-4H3. The molecule has 2 rings (SSSR count). The Bertz CT molecular complexity index is 693. The number of halogens is 3. The third-order valence-electron chi connectivity index (χ3n) is 3.76. The quantitative estimate of drug-likeness (QED) is 0.617. The predicted octanol–water partition coefficient (Wildman–Crippen LogP) is 4.32. The molecule has 0 aliphatic carbocycles. The summed E-state index contributed by atoms with van der Waals surface area (Å²) in [5, 5.41) is 0.174. The third kappa shape index (κ3) is 4.85. The van der Waals surface area contributed by atoms with E-state index in [9.17, 15) is 14.0 Å². The van der Waals surface area contributed by atoms with Crippen LogP contribution in [0, 0.1) is 5.82 Å². The molecular weight excluding hydrogens is 415 g/mol. The number of hydrogen-bond acceptors (Lipinski definition) is 3. The van der Waals surface area contributed by atoms with E-state index in [1.54, 1.807) is 30.6 Å². The smallest absolute Gasteiger partial charge is 0.410 e. The number of piperazine rings is 1. The lowest BCUT2D eigenvalue weighted by Gasteiger charge is -2.40. The summed E-state index contributed by atoms with van der Waals surface area (Å²) in [6.07, 6.45) is -0.405. The van der Waals surface area contributed by atoms with Crippen LogP contribution in [0.15, 0.2) is 16.6 Å². The highest BCUT2D eigenvalue weighted by Gasteiger charge is 2.33. The molecule has 138 valence electrons. The van der Waals surface area contributed by atoms with E-state index in [1.807, 2.05) is 6.92 Å². The van der Waals surface area contributed by atoms with E-state index in [0.717, 1.165) is 6.07 Å². The molecular formula is C17H21BrClFN2O3. The first-order valence-corrected chi connectivity index (χ1v) is 9.10. The average Bonchev–Trinajstić information content (AvgIpc) is 2.48. The Morgan fingerprint density at radius 3 is 2.52 bits per heavy atom. The highest BCUT2D eigenvalue weighted by Crippen LogP contribution is 2.29. The van der Waals surface area contributed by atoms with E-state index in [2.05, 4.69) is 15.9 Å². The molecule has 0 N–H and O–H groups in total. The molecule has 1 aliphatic rings. The van der Waals surface area contributed by atoms with Gasteiger partial charge in [-0.05, 0) is 55.8 Å². The second-order valence-corrected chi connectivity index (χ2v) is 8.26. The van der Waals surface area contributed by atoms with Crippen LogP contribution in [0.1, 0.15) is 38.1 Å². The van der Waals surface area contributed by atoms with Crippen molar-refractivity contribution in [3.63, 3.8) is 0 Å². The van der Waals surface area contributed by atoms with Gasteiger partial charge in [-0.1, -0.05) is 11.6 Å². The van der Waals surface area contributed by atoms with Crippen LogP contribution in [-0.4, -0.2) is 53.1 Å². The number of nitrogens with zero attached hydrogens (tertiary/aromatic N) is 2. The van der Waals surface area contributed by atoms with Crippen molar-refractivity contribution in [1.29, 1.82) is 0 Å². The second kappa shape index (κ2) is 7.50. The number of carbonyl (C=O) groups excluding carboxylic acids is 2. The van der Waals surface area contributed by atoms with Gasteiger partial charge >= 0.3 is 6.09 Å². The molecule has 1 fully saturated rings. The molecule has 0 spiro atoms. The molecule has 1 unspecified atom stereocenters. The van der Waals surface area contributed by atoms with Crippen LogP contribution in [0.5, 0.6) is 0 Å². The number of rotatable bonds is 1. The monoisotopic (exact) mass is 434 g/mol. The first kappa shape index (κ1) is 20.0. The topological polar surface area (TPSA) is 49.9 Å². The molecule has 1 aliphatic heterocycles. The minimum atomic E-state index is -0.575. The largest absolute Gasteiger partial charge is 0.444 e. The van der Waals surface area contributed by atoms with Crippen LogP contribution in [0.25, 0.3) is 0 Å². The lowest BCUT2D eigenvalue weighted by Crippen LogP contribution is -2.56. The molecule has 1 atom stereocenters. The van der Waals surface area contributed by atoms with Gasteiger partial charge in [0.1, 0.15) is 11.4 Å². The zero-order valence-electron chi connectivity index (χ0n) is 14.6. The summed E-state index contributed by atoms with van der Waals surface area (Å²) in [4.78, 5) is 28.1. The number of amides is 2. The molecule has 2 amide bonds. The van der Waals surface area contributed by atoms with E-state index < -0.39 is 17.5 Å². The summed E-state index contributed by atoms with van der Waals surface area (Å²) < 4.78 is 19.3. The highest BCUT2D eigenvalue weighted by molar-refractivity contribution is 9.10. The van der Waals surface area contributed by atoms with Crippen LogP contribution in [-0.2, 0) is 4.74 Å². The molecule has 8 heteroatoms. The van der Waals surface area contributed by atoms with Crippen LogP contribution < -0.4 is 0 Å². The van der Waals surface area contributed by atoms with Crippen LogP contribution in [0.2, 0.25) is 5.02 Å². The molecule has 0 aromatic heterocycles. The maximum absolute atomic E-state index is 13.6. The van der Waals surface area contributed by atoms with E-state index in [0.29, 0.717) is 24.1 Å². The Morgan fingerprint density at radius 2 is 1.96 bits per heavy atom. The molecule has 1 saturated heterocycles. The van der Waals surface area contributed by atoms with Crippen LogP contribution in [0.3, 0.4) is 0 Å². The molecule has 1 aromatic rings. The van der Waals surface area contributed by atoms with Crippen LogP contribution >= 0.6 is 27.5 Å². The summed E-state index contributed by atoms with van der Waals surface area (Å²) in [6, 6.07) is 2.10. The van der Waals surface area contributed by atoms with Gasteiger partial charge in [0.05, 0.1) is 10.6 Å². The lowest BCUT2D eigenvalue weighted by atomic mass is 10.1. The van der Waals surface area contributed by atoms with Gasteiger partial charge in [0.15, 0.2) is 0 Å². The van der Waals surface area contributed by atoms with Crippen molar-refractivity contribution in [2.45, 2.75) is 39.3 Å². The maximum atomic E-state index is 13.6. The molecule has 25 heavy (non-hydrogen) atoms. The zero-order valence-corrected chi connectivity index (χ0v) is 16.9. The first-order valence-electron chi connectivity index (χ1n) is 7.93. The van der Waals surface area contributed by atoms with Gasteiger partial charge in [-0.25, -0.2) is 9.18 Å². The zero-order chi connectivity index (χ0) is 18.9. The average molecular weight is 436 g/mol. The van der Waals surface area contributed by atoms with E-state index >= 15 is 0 Å². The van der Waals surface area contributed by atoms with Gasteiger partial charge in [-0.2, -0.15) is 0 Å². The minimum absolute atomic E-state index is 0.103. The number of benzene rings is 1. The molecule has 0 saturated carbocycles. The van der Waals surface area contributed by atoms with Crippen molar-refractivity contribution in [3.8, 4) is 0 Å². The Balaban J connectivity index is 2.11. The molecule has 0 bridgehead atoms. The number of carbonyl (C=O) groups is 2. The minimum Gasteiger partial charge on any atom is -0.444 e. The van der Waals surface area contributed by atoms with Crippen molar-refractivity contribution >= 4 is 39.5 Å². The van der Waals surface area contributed by atoms with Crippen LogP contribution in [0.4, 0.5) is 9.18 Å². The first-order chi connectivity index (χ1) is 11.5. The lowest BCUT2D eigenvalue weighted by molar-refractivity contribution is 0.00617. The summed E-state index contributed by atoms with van der Waals surface area (Å²) in [7, 11) is 0. The normalized spacial score (nSPS) is 18.3. The number of hydrogen-bond donors (Lipinski definition) is 0. The Morgan fingerprint density at radius 1 is 1.32 bits per heavy atom. The summed E-state index contributed by atoms with van der Waals surface area (Å²) in [5.74, 6) is -0.902. The third-order valence-corrected chi connectivity index (χ3v) is 5.02. The fourth-order valence-corrected chi connectivity index (χ4v) is 3.24. The van der Waals surface area contributed by atoms with Gasteiger partial charge in [0.25, 0.3) is 5.91 Å². The van der Waals surface area contributed by atoms with Crippen molar-refractivity contribution < 1.29 is 18.7 Å². The SMILES string of the molecule is CC1CN(C(=O)OC(C)(C)C)CCN1C(=O)c1cc(F)cc(Br)c1Cl. The maximum Gasteiger partial charge on any atom is 0.410 e. The molecule has 1 heterocycles. The fraction of sp³-hybridized carbons (Fsp3) is 0.529. The van der Waals surface area contributed by atoms with Gasteiger partial charge < -0.3 is 14.5 Å². The van der Waals surface area contributed by atoms with Crippen molar-refractivity contribution in [1.82, 2.24) is 9.80 Å².